The van der Waals surface area contributed by atoms with Crippen LogP contribution in [-0.2, 0) is 14.3 Å². The second kappa shape index (κ2) is 2.37. The monoisotopic (exact) mass is 244 g/mol. The first kappa shape index (κ1) is 11.0. The third-order valence-corrected chi connectivity index (χ3v) is 7.94. The lowest BCUT2D eigenvalue weighted by Crippen LogP contribution is -2.36. The fourth-order valence-electron chi connectivity index (χ4n) is 4.98. The number of fused-ring (bicyclic) bond motifs is 3. The van der Waals surface area contributed by atoms with Gasteiger partial charge >= 0.3 is 0 Å². The van der Waals surface area contributed by atoms with E-state index in [0.29, 0.717) is 5.92 Å². The Kier molecular flexibility index (Phi) is 1.63. The summed E-state index contributed by atoms with van der Waals surface area (Å²) in [6, 6.07) is 0. The summed E-state index contributed by atoms with van der Waals surface area (Å²) in [6.07, 6.45) is 0.779. The lowest BCUT2D eigenvalue weighted by atomic mass is 9.77. The Morgan fingerprint density at radius 3 is 2.31 bits per heavy atom. The topological polar surface area (TPSA) is 43.4 Å². The van der Waals surface area contributed by atoms with Crippen molar-refractivity contribution in [3.63, 3.8) is 0 Å². The van der Waals surface area contributed by atoms with Gasteiger partial charge in [0, 0.05) is 5.92 Å². The van der Waals surface area contributed by atoms with Crippen LogP contribution >= 0.6 is 0 Å². The molecule has 5 unspecified atom stereocenters. The van der Waals surface area contributed by atoms with E-state index >= 15 is 0 Å². The van der Waals surface area contributed by atoms with E-state index in [1.807, 2.05) is 13.8 Å². The van der Waals surface area contributed by atoms with Crippen molar-refractivity contribution in [2.24, 2.45) is 22.7 Å². The van der Waals surface area contributed by atoms with E-state index in [2.05, 4.69) is 20.8 Å². The van der Waals surface area contributed by atoms with E-state index in [-0.39, 0.29) is 22.0 Å². The fourth-order valence-corrected chi connectivity index (χ4v) is 7.30. The molecule has 0 bridgehead atoms. The molecule has 0 N–H and O–H groups in total. The molecule has 1 saturated heterocycles. The number of rotatable bonds is 0. The summed E-state index contributed by atoms with van der Waals surface area (Å²) in [7, 11) is -3.33. The van der Waals surface area contributed by atoms with Crippen molar-refractivity contribution in [3.05, 3.63) is 0 Å². The van der Waals surface area contributed by atoms with Crippen LogP contribution in [0.3, 0.4) is 0 Å². The van der Waals surface area contributed by atoms with Gasteiger partial charge in [0.25, 0.3) is 10.1 Å². The zero-order valence-corrected chi connectivity index (χ0v) is 11.4. The molecular weight excluding hydrogens is 224 g/mol. The van der Waals surface area contributed by atoms with Crippen LogP contribution in [0.1, 0.15) is 41.0 Å². The largest absolute Gasteiger partial charge is 0.271 e. The molecule has 3 rings (SSSR count). The van der Waals surface area contributed by atoms with Crippen LogP contribution in [0.2, 0.25) is 0 Å². The Balaban J connectivity index is 2.14. The van der Waals surface area contributed by atoms with Crippen molar-refractivity contribution in [2.45, 2.75) is 51.9 Å². The van der Waals surface area contributed by atoms with Gasteiger partial charge < -0.3 is 0 Å². The molecule has 3 fully saturated rings. The quantitative estimate of drug-likeness (QED) is 0.613. The van der Waals surface area contributed by atoms with Gasteiger partial charge in [-0.25, -0.2) is 0 Å². The molecule has 1 heterocycles. The molecule has 2 aliphatic carbocycles. The summed E-state index contributed by atoms with van der Waals surface area (Å²) in [4.78, 5) is 0. The van der Waals surface area contributed by atoms with Gasteiger partial charge in [0.15, 0.2) is 0 Å². The highest BCUT2D eigenvalue weighted by molar-refractivity contribution is 7.87. The SMILES string of the molecule is CC1C2(C)CC3C(C(C)(C)OS3(=O)=O)C12C. The van der Waals surface area contributed by atoms with Crippen LogP contribution in [0.5, 0.6) is 0 Å². The average Bonchev–Trinajstić information content (AvgIpc) is 2.39. The first-order valence-corrected chi connectivity index (χ1v) is 7.49. The number of hydrogen-bond donors (Lipinski definition) is 0. The van der Waals surface area contributed by atoms with Crippen LogP contribution in [0, 0.1) is 22.7 Å². The maximum atomic E-state index is 12.0. The summed E-state index contributed by atoms with van der Waals surface area (Å²) in [5.41, 5.74) is -0.179. The Bertz CT molecular complexity index is 467. The van der Waals surface area contributed by atoms with Crippen molar-refractivity contribution < 1.29 is 12.6 Å². The molecule has 1 aliphatic heterocycles. The Hall–Kier alpha value is -0.0900. The first-order chi connectivity index (χ1) is 7.07. The molecule has 3 aliphatic rings. The molecule has 4 heteroatoms. The Morgan fingerprint density at radius 2 is 1.75 bits per heavy atom. The second-order valence-electron chi connectivity index (χ2n) is 6.82. The van der Waals surface area contributed by atoms with Crippen LogP contribution < -0.4 is 0 Å². The van der Waals surface area contributed by atoms with Crippen molar-refractivity contribution in [1.29, 1.82) is 0 Å². The molecule has 0 amide bonds. The smallest absolute Gasteiger partial charge is 0.263 e. The van der Waals surface area contributed by atoms with Crippen LogP contribution in [-0.4, -0.2) is 19.3 Å². The van der Waals surface area contributed by atoms with Gasteiger partial charge in [-0.1, -0.05) is 20.8 Å². The highest BCUT2D eigenvalue weighted by Crippen LogP contribution is 2.82. The van der Waals surface area contributed by atoms with Crippen molar-refractivity contribution in [2.75, 3.05) is 0 Å². The van der Waals surface area contributed by atoms with Crippen LogP contribution in [0.25, 0.3) is 0 Å². The predicted molar refractivity (Wildman–Crippen MR) is 61.4 cm³/mol. The van der Waals surface area contributed by atoms with E-state index in [4.69, 9.17) is 4.18 Å². The van der Waals surface area contributed by atoms with Gasteiger partial charge in [-0.2, -0.15) is 8.42 Å². The number of hydrogen-bond acceptors (Lipinski definition) is 3. The fraction of sp³-hybridized carbons (Fsp3) is 1.00. The van der Waals surface area contributed by atoms with Gasteiger partial charge in [-0.15, -0.1) is 0 Å². The first-order valence-electron chi connectivity index (χ1n) is 6.02. The highest BCUT2D eigenvalue weighted by Gasteiger charge is 2.83. The normalized spacial score (nSPS) is 60.4. The summed E-state index contributed by atoms with van der Waals surface area (Å²) in [6.45, 7) is 10.6. The molecule has 16 heavy (non-hydrogen) atoms. The van der Waals surface area contributed by atoms with Gasteiger partial charge in [0.1, 0.15) is 0 Å². The summed E-state index contributed by atoms with van der Waals surface area (Å²) in [5, 5.41) is -0.270. The molecule has 3 nitrogen and oxygen atoms in total. The minimum atomic E-state index is -3.33. The van der Waals surface area contributed by atoms with E-state index in [9.17, 15) is 8.42 Å². The Morgan fingerprint density at radius 1 is 1.19 bits per heavy atom. The van der Waals surface area contributed by atoms with E-state index in [0.717, 1.165) is 6.42 Å². The lowest BCUT2D eigenvalue weighted by Gasteiger charge is -2.30. The predicted octanol–water partition coefficient (Wildman–Crippen LogP) is 2.18. The third-order valence-electron chi connectivity index (χ3n) is 6.10. The molecular formula is C12H20O3S. The molecule has 0 aromatic heterocycles. The van der Waals surface area contributed by atoms with Gasteiger partial charge in [0.2, 0.25) is 0 Å². The van der Waals surface area contributed by atoms with Crippen molar-refractivity contribution in [3.8, 4) is 0 Å². The summed E-state index contributed by atoms with van der Waals surface area (Å²) < 4.78 is 29.3. The summed E-state index contributed by atoms with van der Waals surface area (Å²) in [5.74, 6) is 0.766. The summed E-state index contributed by atoms with van der Waals surface area (Å²) >= 11 is 0. The molecule has 5 atom stereocenters. The average molecular weight is 244 g/mol. The maximum absolute atomic E-state index is 12.0. The van der Waals surface area contributed by atoms with Gasteiger partial charge in [0.05, 0.1) is 10.9 Å². The van der Waals surface area contributed by atoms with E-state index < -0.39 is 15.7 Å². The third kappa shape index (κ3) is 0.860. The van der Waals surface area contributed by atoms with Crippen molar-refractivity contribution in [1.82, 2.24) is 0 Å². The van der Waals surface area contributed by atoms with E-state index in [1.165, 1.54) is 0 Å². The Labute approximate surface area is 97.7 Å². The van der Waals surface area contributed by atoms with Crippen LogP contribution in [0.15, 0.2) is 0 Å². The standard InChI is InChI=1S/C12H20O3S/c1-7-11(4)6-8-9(12(7,11)5)10(2,3)15-16(8,13)14/h7-9H,6H2,1-5H3. The molecule has 0 aromatic carbocycles. The molecule has 0 radical (unpaired) electrons. The van der Waals surface area contributed by atoms with Crippen LogP contribution in [0.4, 0.5) is 0 Å². The minimum Gasteiger partial charge on any atom is -0.263 e. The van der Waals surface area contributed by atoms with Crippen molar-refractivity contribution >= 4 is 10.1 Å². The highest BCUT2D eigenvalue weighted by atomic mass is 32.2. The molecule has 0 aromatic rings. The van der Waals surface area contributed by atoms with E-state index in [1.54, 1.807) is 0 Å². The maximum Gasteiger partial charge on any atom is 0.271 e. The van der Waals surface area contributed by atoms with Gasteiger partial charge in [-0.05, 0) is 37.0 Å². The zero-order chi connectivity index (χ0) is 12.1. The zero-order valence-electron chi connectivity index (χ0n) is 10.6. The molecule has 92 valence electrons. The second-order valence-corrected chi connectivity index (χ2v) is 8.58. The molecule has 0 spiro atoms. The lowest BCUT2D eigenvalue weighted by molar-refractivity contribution is 0.0503. The van der Waals surface area contributed by atoms with Gasteiger partial charge in [-0.3, -0.25) is 4.18 Å². The molecule has 2 saturated carbocycles. The minimum absolute atomic E-state index is 0.144.